The van der Waals surface area contributed by atoms with Gasteiger partial charge in [0.15, 0.2) is 0 Å². The highest BCUT2D eigenvalue weighted by molar-refractivity contribution is 5.92. The maximum atomic E-state index is 11.9. The van der Waals surface area contributed by atoms with E-state index in [1.165, 1.54) is 6.08 Å². The van der Waals surface area contributed by atoms with Crippen molar-refractivity contribution >= 4 is 12.0 Å². The number of carbonyl (C=O) groups is 1. The summed E-state index contributed by atoms with van der Waals surface area (Å²) < 4.78 is 5.24. The molecule has 0 saturated carbocycles. The van der Waals surface area contributed by atoms with Crippen molar-refractivity contribution in [3.05, 3.63) is 35.9 Å². The van der Waals surface area contributed by atoms with Gasteiger partial charge in [0.25, 0.3) is 0 Å². The lowest BCUT2D eigenvalue weighted by Crippen LogP contribution is -2.54. The molecular formula is C15H19NO4. The molecule has 5 nitrogen and oxygen atoms in total. The second-order valence-corrected chi connectivity index (χ2v) is 4.96. The summed E-state index contributed by atoms with van der Waals surface area (Å²) in [5.74, 6) is -0.0536. The van der Waals surface area contributed by atoms with Crippen molar-refractivity contribution in [1.29, 1.82) is 0 Å². The van der Waals surface area contributed by atoms with Gasteiger partial charge in [-0.25, -0.2) is 0 Å². The molecule has 1 aromatic carbocycles. The fourth-order valence-electron chi connectivity index (χ4n) is 2.15. The highest BCUT2D eigenvalue weighted by atomic mass is 16.5. The van der Waals surface area contributed by atoms with Crippen LogP contribution < -0.4 is 5.32 Å². The van der Waals surface area contributed by atoms with Crippen LogP contribution in [0.3, 0.4) is 0 Å². The predicted octanol–water partition coefficient (Wildman–Crippen LogP) is 1.06. The molecule has 0 radical (unpaired) electrons. The molecule has 1 heterocycles. The average Bonchev–Trinajstić information content (AvgIpc) is 2.47. The molecule has 0 spiro atoms. The number of aliphatic hydroxyl groups excluding tert-OH is 1. The first kappa shape index (κ1) is 14.6. The van der Waals surface area contributed by atoms with Gasteiger partial charge in [0, 0.05) is 19.3 Å². The van der Waals surface area contributed by atoms with Crippen LogP contribution in [0.5, 0.6) is 5.75 Å². The Hall–Kier alpha value is -1.85. The maximum absolute atomic E-state index is 11.9. The summed E-state index contributed by atoms with van der Waals surface area (Å²) in [5, 5.41) is 21.5. The number of phenols is 1. The van der Waals surface area contributed by atoms with Crippen LogP contribution in [0, 0.1) is 0 Å². The molecule has 1 fully saturated rings. The largest absolute Gasteiger partial charge is 0.508 e. The molecule has 1 aliphatic rings. The number of hydrogen-bond donors (Lipinski definition) is 3. The van der Waals surface area contributed by atoms with E-state index in [4.69, 9.17) is 4.74 Å². The van der Waals surface area contributed by atoms with Crippen LogP contribution in [-0.4, -0.2) is 41.5 Å². The molecule has 1 saturated heterocycles. The number of carbonyl (C=O) groups excluding carboxylic acids is 1. The Labute approximate surface area is 117 Å². The van der Waals surface area contributed by atoms with Crippen molar-refractivity contribution in [2.45, 2.75) is 18.4 Å². The number of ether oxygens (including phenoxy) is 1. The van der Waals surface area contributed by atoms with Crippen LogP contribution in [0.4, 0.5) is 0 Å². The van der Waals surface area contributed by atoms with Crippen LogP contribution in [0.1, 0.15) is 18.4 Å². The van der Waals surface area contributed by atoms with E-state index in [9.17, 15) is 15.0 Å². The molecule has 108 valence electrons. The Morgan fingerprint density at radius 3 is 2.55 bits per heavy atom. The van der Waals surface area contributed by atoms with E-state index >= 15 is 0 Å². The number of hydrogen-bond acceptors (Lipinski definition) is 4. The van der Waals surface area contributed by atoms with E-state index in [0.29, 0.717) is 26.1 Å². The van der Waals surface area contributed by atoms with E-state index in [0.717, 1.165) is 5.56 Å². The number of benzene rings is 1. The monoisotopic (exact) mass is 277 g/mol. The Balaban J connectivity index is 1.95. The summed E-state index contributed by atoms with van der Waals surface area (Å²) in [6.45, 7) is 1.00. The number of amides is 1. The van der Waals surface area contributed by atoms with Gasteiger partial charge in [0.1, 0.15) is 5.75 Å². The summed E-state index contributed by atoms with van der Waals surface area (Å²) >= 11 is 0. The minimum Gasteiger partial charge on any atom is -0.508 e. The second-order valence-electron chi connectivity index (χ2n) is 4.96. The van der Waals surface area contributed by atoms with E-state index < -0.39 is 5.54 Å². The summed E-state index contributed by atoms with van der Waals surface area (Å²) in [7, 11) is 0. The van der Waals surface area contributed by atoms with E-state index in [2.05, 4.69) is 5.32 Å². The summed E-state index contributed by atoms with van der Waals surface area (Å²) in [6.07, 6.45) is 4.32. The first-order valence-corrected chi connectivity index (χ1v) is 6.61. The molecule has 1 aliphatic heterocycles. The number of aromatic hydroxyl groups is 1. The Bertz CT molecular complexity index is 475. The zero-order valence-electron chi connectivity index (χ0n) is 11.2. The van der Waals surface area contributed by atoms with Gasteiger partial charge in [-0.2, -0.15) is 0 Å². The molecule has 0 bridgehead atoms. The molecule has 0 aliphatic carbocycles. The highest BCUT2D eigenvalue weighted by Gasteiger charge is 2.32. The lowest BCUT2D eigenvalue weighted by molar-refractivity contribution is -0.120. The molecule has 0 unspecified atom stereocenters. The Morgan fingerprint density at radius 2 is 1.95 bits per heavy atom. The summed E-state index contributed by atoms with van der Waals surface area (Å²) in [5.41, 5.74) is 0.247. The van der Waals surface area contributed by atoms with Gasteiger partial charge >= 0.3 is 0 Å². The first-order chi connectivity index (χ1) is 9.63. The third kappa shape index (κ3) is 3.82. The molecule has 3 N–H and O–H groups in total. The number of aliphatic hydroxyl groups is 1. The quantitative estimate of drug-likeness (QED) is 0.719. The zero-order valence-corrected chi connectivity index (χ0v) is 11.2. The van der Waals surface area contributed by atoms with Gasteiger partial charge in [-0.3, -0.25) is 4.79 Å². The molecule has 1 amide bonds. The molecule has 0 atom stereocenters. The second kappa shape index (κ2) is 6.54. The molecule has 1 aromatic rings. The van der Waals surface area contributed by atoms with E-state index in [-0.39, 0.29) is 18.3 Å². The van der Waals surface area contributed by atoms with Crippen LogP contribution >= 0.6 is 0 Å². The van der Waals surface area contributed by atoms with E-state index in [1.54, 1.807) is 30.3 Å². The van der Waals surface area contributed by atoms with Crippen molar-refractivity contribution in [2.24, 2.45) is 0 Å². The molecule has 2 rings (SSSR count). The minimum atomic E-state index is -0.575. The van der Waals surface area contributed by atoms with Crippen molar-refractivity contribution < 1.29 is 19.7 Å². The smallest absolute Gasteiger partial charge is 0.244 e. The lowest BCUT2D eigenvalue weighted by atomic mass is 9.91. The predicted molar refractivity (Wildman–Crippen MR) is 75.2 cm³/mol. The third-order valence-electron chi connectivity index (χ3n) is 3.46. The van der Waals surface area contributed by atoms with Crippen LogP contribution in [0.2, 0.25) is 0 Å². The lowest BCUT2D eigenvalue weighted by Gasteiger charge is -2.35. The molecule has 0 aromatic heterocycles. The normalized spacial score (nSPS) is 18.1. The zero-order chi connectivity index (χ0) is 14.4. The minimum absolute atomic E-state index is 0.0881. The van der Waals surface area contributed by atoms with Gasteiger partial charge in [-0.05, 0) is 36.6 Å². The first-order valence-electron chi connectivity index (χ1n) is 6.61. The van der Waals surface area contributed by atoms with Crippen LogP contribution in [-0.2, 0) is 9.53 Å². The Kier molecular flexibility index (Phi) is 4.76. The third-order valence-corrected chi connectivity index (χ3v) is 3.46. The van der Waals surface area contributed by atoms with Gasteiger partial charge in [0.2, 0.25) is 5.91 Å². The van der Waals surface area contributed by atoms with E-state index in [1.807, 2.05) is 0 Å². The van der Waals surface area contributed by atoms with Crippen LogP contribution in [0.15, 0.2) is 30.3 Å². The average molecular weight is 277 g/mol. The number of nitrogens with one attached hydrogen (secondary N) is 1. The fourth-order valence-corrected chi connectivity index (χ4v) is 2.15. The summed E-state index contributed by atoms with van der Waals surface area (Å²) in [6, 6.07) is 6.56. The van der Waals surface area contributed by atoms with Crippen LogP contribution in [0.25, 0.3) is 6.08 Å². The van der Waals surface area contributed by atoms with Crippen molar-refractivity contribution in [2.75, 3.05) is 19.8 Å². The van der Waals surface area contributed by atoms with Crippen molar-refractivity contribution in [3.8, 4) is 5.75 Å². The van der Waals surface area contributed by atoms with Gasteiger partial charge in [0.05, 0.1) is 12.1 Å². The fraction of sp³-hybridized carbons (Fsp3) is 0.400. The van der Waals surface area contributed by atoms with Crippen molar-refractivity contribution in [1.82, 2.24) is 5.32 Å². The standard InChI is InChI=1S/C15H19NO4/c17-11-15(7-9-20-10-8-15)16-14(19)6-3-12-1-4-13(18)5-2-12/h1-6,17-18H,7-11H2,(H,16,19)/b6-3+. The van der Waals surface area contributed by atoms with Gasteiger partial charge < -0.3 is 20.3 Å². The molecule has 5 heteroatoms. The van der Waals surface area contributed by atoms with Gasteiger partial charge in [-0.1, -0.05) is 12.1 Å². The maximum Gasteiger partial charge on any atom is 0.244 e. The van der Waals surface area contributed by atoms with Crippen molar-refractivity contribution in [3.63, 3.8) is 0 Å². The SMILES string of the molecule is O=C(/C=C/c1ccc(O)cc1)NC1(CO)CCOCC1. The molecule has 20 heavy (non-hydrogen) atoms. The van der Waals surface area contributed by atoms with Gasteiger partial charge in [-0.15, -0.1) is 0 Å². The number of phenolic OH excluding ortho intramolecular Hbond substituents is 1. The Morgan fingerprint density at radius 1 is 1.30 bits per heavy atom. The summed E-state index contributed by atoms with van der Waals surface area (Å²) in [4.78, 5) is 11.9. The molecular weight excluding hydrogens is 258 g/mol. The number of rotatable bonds is 4. The highest BCUT2D eigenvalue weighted by Crippen LogP contribution is 2.20. The topological polar surface area (TPSA) is 78.8 Å².